The van der Waals surface area contributed by atoms with Crippen molar-refractivity contribution in [1.29, 1.82) is 0 Å². The normalized spacial score (nSPS) is 12.2. The average Bonchev–Trinajstić information content (AvgIpc) is 3.25. The monoisotopic (exact) mass is 479 g/mol. The molecular weight excluding hydrogens is 454 g/mol. The van der Waals surface area contributed by atoms with Crippen LogP contribution in [0.4, 0.5) is 0 Å². The summed E-state index contributed by atoms with van der Waals surface area (Å²) in [5.74, 6) is -1.06. The van der Waals surface area contributed by atoms with Gasteiger partial charge in [0.15, 0.2) is 0 Å². The first-order valence-corrected chi connectivity index (χ1v) is 12.2. The quantitative estimate of drug-likeness (QED) is 0.353. The molecular formula is C26H25NO6S. The lowest BCUT2D eigenvalue weighted by atomic mass is 9.96. The number of nitrogens with one attached hydrogen (secondary N) is 1. The number of hydrogen-bond acceptors (Lipinski definition) is 6. The van der Waals surface area contributed by atoms with E-state index in [9.17, 15) is 19.5 Å². The fourth-order valence-corrected chi connectivity index (χ4v) is 4.69. The number of aryl methyl sites for hydroxylation is 2. The van der Waals surface area contributed by atoms with Gasteiger partial charge in [-0.1, -0.05) is 30.3 Å². The maximum atomic E-state index is 12.8. The summed E-state index contributed by atoms with van der Waals surface area (Å²) in [6.07, 6.45) is 3.56. The van der Waals surface area contributed by atoms with Gasteiger partial charge in [0.2, 0.25) is 5.91 Å². The first-order chi connectivity index (χ1) is 16.3. The number of carboxylic acids is 1. The zero-order valence-electron chi connectivity index (χ0n) is 19.1. The molecule has 8 heteroatoms. The standard InChI is InChI=1S/C26H25NO6S/c1-14-11-20-23(24-22(14)18(13-32-24)16-7-5-4-6-8-16)15(2)17(26(31)33-20)12-21(28)27-19(25(29)30)9-10-34-3/h4-8,11,13,19H,9-10,12H2,1-3H3,(H,27,28)(H,29,30)/t19-/m0/s1. The maximum Gasteiger partial charge on any atom is 0.340 e. The summed E-state index contributed by atoms with van der Waals surface area (Å²) < 4.78 is 11.6. The molecule has 4 rings (SSSR count). The van der Waals surface area contributed by atoms with Gasteiger partial charge in [-0.05, 0) is 55.0 Å². The van der Waals surface area contributed by atoms with E-state index >= 15 is 0 Å². The fourth-order valence-electron chi connectivity index (χ4n) is 4.22. The number of benzene rings is 2. The number of hydrogen-bond donors (Lipinski definition) is 2. The van der Waals surface area contributed by atoms with E-state index in [0.29, 0.717) is 34.3 Å². The number of carboxylic acid groups (broad SMARTS) is 1. The van der Waals surface area contributed by atoms with Crippen molar-refractivity contribution >= 4 is 45.6 Å². The molecule has 0 fully saturated rings. The summed E-state index contributed by atoms with van der Waals surface area (Å²) >= 11 is 1.50. The van der Waals surface area contributed by atoms with Crippen molar-refractivity contribution in [1.82, 2.24) is 5.32 Å². The predicted octanol–water partition coefficient (Wildman–Crippen LogP) is 4.69. The van der Waals surface area contributed by atoms with E-state index in [-0.39, 0.29) is 12.0 Å². The summed E-state index contributed by atoms with van der Waals surface area (Å²) in [7, 11) is 0. The van der Waals surface area contributed by atoms with Crippen LogP contribution in [0.15, 0.2) is 56.3 Å². The Balaban J connectivity index is 1.77. The van der Waals surface area contributed by atoms with Crippen molar-refractivity contribution in [3.05, 3.63) is 69.8 Å². The van der Waals surface area contributed by atoms with Gasteiger partial charge in [0.25, 0.3) is 0 Å². The number of amides is 1. The lowest BCUT2D eigenvalue weighted by molar-refractivity contribution is -0.141. The Morgan fingerprint density at radius 3 is 2.56 bits per heavy atom. The average molecular weight is 480 g/mol. The molecule has 176 valence electrons. The zero-order chi connectivity index (χ0) is 24.4. The third kappa shape index (κ3) is 4.46. The Hall–Kier alpha value is -3.52. The van der Waals surface area contributed by atoms with Crippen LogP contribution in [0.5, 0.6) is 0 Å². The van der Waals surface area contributed by atoms with Gasteiger partial charge < -0.3 is 19.3 Å². The zero-order valence-corrected chi connectivity index (χ0v) is 20.0. The fraction of sp³-hybridized carbons (Fsp3) is 0.269. The lowest BCUT2D eigenvalue weighted by Gasteiger charge is -2.14. The van der Waals surface area contributed by atoms with Crippen molar-refractivity contribution in [3.8, 4) is 11.1 Å². The summed E-state index contributed by atoms with van der Waals surface area (Å²) in [4.78, 5) is 36.9. The maximum absolute atomic E-state index is 12.8. The van der Waals surface area contributed by atoms with Gasteiger partial charge in [-0.15, -0.1) is 0 Å². The minimum atomic E-state index is -1.11. The molecule has 7 nitrogen and oxygen atoms in total. The lowest BCUT2D eigenvalue weighted by Crippen LogP contribution is -2.42. The van der Waals surface area contributed by atoms with E-state index in [1.165, 1.54) is 11.8 Å². The van der Waals surface area contributed by atoms with Crippen LogP contribution < -0.4 is 10.9 Å². The smallest absolute Gasteiger partial charge is 0.340 e. The van der Waals surface area contributed by atoms with Crippen LogP contribution in [0.25, 0.3) is 33.1 Å². The highest BCUT2D eigenvalue weighted by molar-refractivity contribution is 7.98. The number of fused-ring (bicyclic) bond motifs is 3. The number of furan rings is 1. The van der Waals surface area contributed by atoms with Gasteiger partial charge in [0, 0.05) is 10.9 Å². The molecule has 2 aromatic carbocycles. The Kier molecular flexibility index (Phi) is 6.79. The van der Waals surface area contributed by atoms with E-state index in [1.54, 1.807) is 19.3 Å². The second-order valence-electron chi connectivity index (χ2n) is 8.20. The van der Waals surface area contributed by atoms with Crippen LogP contribution in [0, 0.1) is 13.8 Å². The Labute approximate surface area is 200 Å². The van der Waals surface area contributed by atoms with Crippen LogP contribution in [0.3, 0.4) is 0 Å². The summed E-state index contributed by atoms with van der Waals surface area (Å²) in [6, 6.07) is 10.6. The Bertz CT molecular complexity index is 1440. The van der Waals surface area contributed by atoms with Gasteiger partial charge in [-0.25, -0.2) is 9.59 Å². The minimum Gasteiger partial charge on any atom is -0.480 e. The summed E-state index contributed by atoms with van der Waals surface area (Å²) in [6.45, 7) is 3.69. The third-order valence-corrected chi connectivity index (χ3v) is 6.59. The van der Waals surface area contributed by atoms with Crippen LogP contribution >= 0.6 is 11.8 Å². The van der Waals surface area contributed by atoms with Gasteiger partial charge in [0.1, 0.15) is 17.2 Å². The number of rotatable bonds is 8. The van der Waals surface area contributed by atoms with E-state index in [4.69, 9.17) is 8.83 Å². The van der Waals surface area contributed by atoms with Crippen molar-refractivity contribution in [2.75, 3.05) is 12.0 Å². The number of aliphatic carboxylic acids is 1. The third-order valence-electron chi connectivity index (χ3n) is 5.95. The molecule has 0 aliphatic heterocycles. The minimum absolute atomic E-state index is 0.182. The molecule has 1 amide bonds. The highest BCUT2D eigenvalue weighted by Crippen LogP contribution is 2.38. The van der Waals surface area contributed by atoms with Gasteiger partial charge in [0.05, 0.1) is 23.6 Å². The molecule has 0 spiro atoms. The van der Waals surface area contributed by atoms with E-state index in [0.717, 1.165) is 22.1 Å². The molecule has 0 aliphatic rings. The first-order valence-electron chi connectivity index (χ1n) is 10.9. The molecule has 0 bridgehead atoms. The molecule has 0 aliphatic carbocycles. The number of carbonyl (C=O) groups is 2. The molecule has 0 saturated carbocycles. The molecule has 1 atom stereocenters. The molecule has 2 N–H and O–H groups in total. The molecule has 0 saturated heterocycles. The Morgan fingerprint density at radius 2 is 1.88 bits per heavy atom. The van der Waals surface area contributed by atoms with Crippen molar-refractivity contribution in [2.45, 2.75) is 32.7 Å². The molecule has 0 unspecified atom stereocenters. The number of carbonyl (C=O) groups excluding carboxylic acids is 1. The highest BCUT2D eigenvalue weighted by Gasteiger charge is 2.24. The van der Waals surface area contributed by atoms with Gasteiger partial charge >= 0.3 is 11.6 Å². The van der Waals surface area contributed by atoms with E-state index < -0.39 is 23.5 Å². The van der Waals surface area contributed by atoms with Gasteiger partial charge in [-0.3, -0.25) is 4.79 Å². The van der Waals surface area contributed by atoms with Crippen LogP contribution in [0.1, 0.15) is 23.1 Å². The highest BCUT2D eigenvalue weighted by atomic mass is 32.2. The summed E-state index contributed by atoms with van der Waals surface area (Å²) in [5, 5.41) is 13.4. The van der Waals surface area contributed by atoms with E-state index in [1.807, 2.05) is 43.5 Å². The molecule has 0 radical (unpaired) electrons. The van der Waals surface area contributed by atoms with Crippen molar-refractivity contribution < 1.29 is 23.5 Å². The Morgan fingerprint density at radius 1 is 1.15 bits per heavy atom. The summed E-state index contributed by atoms with van der Waals surface area (Å²) in [5.41, 5.74) is 3.94. The predicted molar refractivity (Wildman–Crippen MR) is 133 cm³/mol. The van der Waals surface area contributed by atoms with Crippen LogP contribution in [-0.2, 0) is 16.0 Å². The molecule has 34 heavy (non-hydrogen) atoms. The second-order valence-corrected chi connectivity index (χ2v) is 9.18. The topological polar surface area (TPSA) is 110 Å². The largest absolute Gasteiger partial charge is 0.480 e. The van der Waals surface area contributed by atoms with E-state index in [2.05, 4.69) is 5.32 Å². The first kappa shape index (κ1) is 23.6. The molecule has 2 aromatic heterocycles. The molecule has 4 aromatic rings. The van der Waals surface area contributed by atoms with Gasteiger partial charge in [-0.2, -0.15) is 11.8 Å². The van der Waals surface area contributed by atoms with Crippen molar-refractivity contribution in [2.24, 2.45) is 0 Å². The number of thioether (sulfide) groups is 1. The van der Waals surface area contributed by atoms with Crippen molar-refractivity contribution in [3.63, 3.8) is 0 Å². The molecule has 2 heterocycles. The van der Waals surface area contributed by atoms with Crippen LogP contribution in [-0.4, -0.2) is 35.0 Å². The van der Waals surface area contributed by atoms with Crippen LogP contribution in [0.2, 0.25) is 0 Å². The SMILES string of the molecule is CSCC[C@H](NC(=O)Cc1c(C)c2c(cc(C)c3c(-c4ccccc4)coc32)oc1=O)C(=O)O. The second kappa shape index (κ2) is 9.77.